The van der Waals surface area contributed by atoms with Crippen molar-refractivity contribution >= 4 is 23.7 Å². The van der Waals surface area contributed by atoms with Gasteiger partial charge in [-0.15, -0.1) is 0 Å². The lowest BCUT2D eigenvalue weighted by Gasteiger charge is -2.06. The van der Waals surface area contributed by atoms with Crippen LogP contribution in [0.4, 0.5) is 0 Å². The van der Waals surface area contributed by atoms with E-state index in [4.69, 9.17) is 16.3 Å². The highest BCUT2D eigenvalue weighted by Gasteiger charge is 2.08. The monoisotopic (exact) mass is 305 g/mol. The van der Waals surface area contributed by atoms with Gasteiger partial charge in [-0.2, -0.15) is 5.10 Å². The average Bonchev–Trinajstić information content (AvgIpc) is 2.51. The van der Waals surface area contributed by atoms with Gasteiger partial charge in [0.25, 0.3) is 5.91 Å². The van der Waals surface area contributed by atoms with E-state index in [0.717, 1.165) is 0 Å². The van der Waals surface area contributed by atoms with Crippen LogP contribution >= 0.6 is 11.6 Å². The highest BCUT2D eigenvalue weighted by molar-refractivity contribution is 6.31. The number of carbonyl (C=O) groups excluding carboxylic acids is 1. The number of amides is 1. The minimum Gasteiger partial charge on any atom is -0.504 e. The van der Waals surface area contributed by atoms with Crippen LogP contribution in [0.3, 0.4) is 0 Å². The first-order chi connectivity index (χ1) is 10.1. The number of benzene rings is 1. The zero-order valence-electron chi connectivity index (χ0n) is 11.1. The van der Waals surface area contributed by atoms with Crippen LogP contribution in [-0.2, 0) is 0 Å². The van der Waals surface area contributed by atoms with E-state index in [2.05, 4.69) is 15.5 Å². The Hall–Kier alpha value is -2.60. The number of methoxy groups -OCH3 is 1. The molecule has 1 amide bonds. The van der Waals surface area contributed by atoms with E-state index in [1.807, 2.05) is 0 Å². The third-order valence-corrected chi connectivity index (χ3v) is 2.82. The third kappa shape index (κ3) is 3.70. The molecule has 0 spiro atoms. The summed E-state index contributed by atoms with van der Waals surface area (Å²) in [4.78, 5) is 15.6. The number of rotatable bonds is 4. The van der Waals surface area contributed by atoms with Crippen molar-refractivity contribution in [2.75, 3.05) is 7.11 Å². The lowest BCUT2D eigenvalue weighted by atomic mass is 10.2. The number of carbonyl (C=O) groups is 1. The second kappa shape index (κ2) is 6.71. The minimum atomic E-state index is -0.387. The maximum atomic E-state index is 11.7. The Morgan fingerprint density at radius 3 is 2.81 bits per heavy atom. The number of nitrogens with zero attached hydrogens (tertiary/aromatic N) is 2. The molecule has 7 heteroatoms. The van der Waals surface area contributed by atoms with Crippen LogP contribution in [0.5, 0.6) is 11.5 Å². The molecule has 0 unspecified atom stereocenters. The van der Waals surface area contributed by atoms with E-state index in [1.54, 1.807) is 12.1 Å². The first kappa shape index (κ1) is 14.8. The molecular weight excluding hydrogens is 294 g/mol. The predicted molar refractivity (Wildman–Crippen MR) is 79.0 cm³/mol. The number of pyridine rings is 1. The molecule has 6 nitrogen and oxygen atoms in total. The maximum absolute atomic E-state index is 11.7. The molecule has 21 heavy (non-hydrogen) atoms. The average molecular weight is 306 g/mol. The number of phenols is 1. The van der Waals surface area contributed by atoms with Gasteiger partial charge in [-0.05, 0) is 18.2 Å². The smallest absolute Gasteiger partial charge is 0.271 e. The molecule has 2 rings (SSSR count). The van der Waals surface area contributed by atoms with Crippen LogP contribution in [0.15, 0.2) is 41.8 Å². The Balaban J connectivity index is 2.12. The third-order valence-electron chi connectivity index (χ3n) is 2.60. The molecule has 0 aliphatic rings. The number of hydrogen-bond donors (Lipinski definition) is 2. The lowest BCUT2D eigenvalue weighted by Crippen LogP contribution is -2.17. The summed E-state index contributed by atoms with van der Waals surface area (Å²) in [5, 5.41) is 14.1. The molecule has 1 aromatic carbocycles. The first-order valence-corrected chi connectivity index (χ1v) is 6.29. The molecule has 0 bridgehead atoms. The molecule has 0 saturated heterocycles. The summed E-state index contributed by atoms with van der Waals surface area (Å²) in [7, 11) is 1.41. The van der Waals surface area contributed by atoms with Crippen LogP contribution in [0.1, 0.15) is 15.9 Å². The summed E-state index contributed by atoms with van der Waals surface area (Å²) in [6.45, 7) is 0. The fraction of sp³-hybridized carbons (Fsp3) is 0.0714. The van der Waals surface area contributed by atoms with Crippen LogP contribution in [0.2, 0.25) is 5.02 Å². The normalized spacial score (nSPS) is 10.6. The number of hydrogen-bond acceptors (Lipinski definition) is 5. The van der Waals surface area contributed by atoms with E-state index in [9.17, 15) is 9.90 Å². The summed E-state index contributed by atoms with van der Waals surface area (Å²) >= 11 is 5.89. The lowest BCUT2D eigenvalue weighted by molar-refractivity contribution is 0.0955. The standard InChI is InChI=1S/C14H12ClN3O3/c1-21-12-7-11(15)6-10(13(12)19)8-17-18-14(20)9-2-4-16-5-3-9/h2-8,19H,1H3,(H,18,20)/b17-8+. The van der Waals surface area contributed by atoms with Gasteiger partial charge < -0.3 is 9.84 Å². The Morgan fingerprint density at radius 2 is 2.14 bits per heavy atom. The van der Waals surface area contributed by atoms with E-state index in [-0.39, 0.29) is 17.4 Å². The van der Waals surface area contributed by atoms with Crippen molar-refractivity contribution in [3.8, 4) is 11.5 Å². The van der Waals surface area contributed by atoms with Gasteiger partial charge in [-0.3, -0.25) is 9.78 Å². The van der Waals surface area contributed by atoms with E-state index < -0.39 is 0 Å². The van der Waals surface area contributed by atoms with Crippen molar-refractivity contribution in [1.82, 2.24) is 10.4 Å². The molecule has 0 fully saturated rings. The summed E-state index contributed by atoms with van der Waals surface area (Å²) in [5.41, 5.74) is 3.09. The van der Waals surface area contributed by atoms with Gasteiger partial charge in [-0.25, -0.2) is 5.43 Å². The Labute approximate surface area is 126 Å². The number of nitrogens with one attached hydrogen (secondary N) is 1. The molecule has 0 saturated carbocycles. The molecule has 1 aromatic heterocycles. The largest absolute Gasteiger partial charge is 0.504 e. The number of hydrazone groups is 1. The van der Waals surface area contributed by atoms with Crippen molar-refractivity contribution in [3.05, 3.63) is 52.8 Å². The summed E-state index contributed by atoms with van der Waals surface area (Å²) < 4.78 is 4.97. The first-order valence-electron chi connectivity index (χ1n) is 5.91. The highest BCUT2D eigenvalue weighted by atomic mass is 35.5. The van der Waals surface area contributed by atoms with Crippen molar-refractivity contribution in [2.24, 2.45) is 5.10 Å². The molecule has 0 aliphatic carbocycles. The van der Waals surface area contributed by atoms with Crippen LogP contribution < -0.4 is 10.2 Å². The molecular formula is C14H12ClN3O3. The van der Waals surface area contributed by atoms with E-state index in [1.165, 1.54) is 37.9 Å². The van der Waals surface area contributed by atoms with Crippen molar-refractivity contribution < 1.29 is 14.6 Å². The highest BCUT2D eigenvalue weighted by Crippen LogP contribution is 2.32. The number of aromatic nitrogens is 1. The SMILES string of the molecule is COc1cc(Cl)cc(/C=N/NC(=O)c2ccncc2)c1O. The molecule has 1 heterocycles. The van der Waals surface area contributed by atoms with Gasteiger partial charge in [-0.1, -0.05) is 11.6 Å². The Bertz CT molecular complexity index is 675. The molecule has 108 valence electrons. The summed E-state index contributed by atoms with van der Waals surface area (Å²) in [6, 6.07) is 6.10. The summed E-state index contributed by atoms with van der Waals surface area (Å²) in [6.07, 6.45) is 4.29. The van der Waals surface area contributed by atoms with Gasteiger partial charge in [0.05, 0.1) is 13.3 Å². The van der Waals surface area contributed by atoms with Gasteiger partial charge in [0, 0.05) is 34.6 Å². The summed E-state index contributed by atoms with van der Waals surface area (Å²) in [5.74, 6) is -0.268. The van der Waals surface area contributed by atoms with Gasteiger partial charge in [0.15, 0.2) is 11.5 Å². The van der Waals surface area contributed by atoms with E-state index >= 15 is 0 Å². The second-order valence-corrected chi connectivity index (χ2v) is 4.42. The number of ether oxygens (including phenoxy) is 1. The van der Waals surface area contributed by atoms with Crippen LogP contribution in [0.25, 0.3) is 0 Å². The molecule has 0 aliphatic heterocycles. The fourth-order valence-corrected chi connectivity index (χ4v) is 1.79. The number of phenolic OH excluding ortho intramolecular Hbond substituents is 1. The molecule has 0 atom stereocenters. The molecule has 2 N–H and O–H groups in total. The van der Waals surface area contributed by atoms with Crippen molar-refractivity contribution in [3.63, 3.8) is 0 Å². The predicted octanol–water partition coefficient (Wildman–Crippen LogP) is 2.21. The number of halogens is 1. The number of aromatic hydroxyl groups is 1. The zero-order chi connectivity index (χ0) is 15.2. The molecule has 0 radical (unpaired) electrons. The van der Waals surface area contributed by atoms with Gasteiger partial charge in [0.1, 0.15) is 0 Å². The Kier molecular flexibility index (Phi) is 4.73. The second-order valence-electron chi connectivity index (χ2n) is 3.98. The zero-order valence-corrected chi connectivity index (χ0v) is 11.8. The van der Waals surface area contributed by atoms with Crippen LogP contribution in [-0.4, -0.2) is 29.3 Å². The fourth-order valence-electron chi connectivity index (χ4n) is 1.58. The van der Waals surface area contributed by atoms with Crippen LogP contribution in [0, 0.1) is 0 Å². The van der Waals surface area contributed by atoms with Crippen molar-refractivity contribution in [1.29, 1.82) is 0 Å². The van der Waals surface area contributed by atoms with Gasteiger partial charge in [0.2, 0.25) is 0 Å². The Morgan fingerprint density at radius 1 is 1.43 bits per heavy atom. The minimum absolute atomic E-state index is 0.108. The maximum Gasteiger partial charge on any atom is 0.271 e. The van der Waals surface area contributed by atoms with E-state index in [0.29, 0.717) is 16.1 Å². The quantitative estimate of drug-likeness (QED) is 0.670. The van der Waals surface area contributed by atoms with Crippen molar-refractivity contribution in [2.45, 2.75) is 0 Å². The van der Waals surface area contributed by atoms with Gasteiger partial charge >= 0.3 is 0 Å². The molecule has 2 aromatic rings. The topological polar surface area (TPSA) is 83.8 Å².